The third-order valence-corrected chi connectivity index (χ3v) is 4.04. The average Bonchev–Trinajstić information content (AvgIpc) is 2.29. The highest BCUT2D eigenvalue weighted by atomic mass is 35.5. The molecule has 1 aromatic carbocycles. The highest BCUT2D eigenvalue weighted by Crippen LogP contribution is 2.26. The van der Waals surface area contributed by atoms with Crippen molar-refractivity contribution in [2.24, 2.45) is 5.92 Å². The van der Waals surface area contributed by atoms with Gasteiger partial charge in [0.25, 0.3) is 0 Å². The van der Waals surface area contributed by atoms with Crippen LogP contribution in [0.2, 0.25) is 5.02 Å². The van der Waals surface area contributed by atoms with Crippen LogP contribution in [0.3, 0.4) is 0 Å². The fourth-order valence-corrected chi connectivity index (χ4v) is 2.91. The molecule has 3 atom stereocenters. The topological polar surface area (TPSA) is 12.0 Å². The monoisotopic (exact) mass is 251 g/mol. The Morgan fingerprint density at radius 2 is 1.94 bits per heavy atom. The molecule has 0 heterocycles. The zero-order chi connectivity index (χ0) is 12.3. The Morgan fingerprint density at radius 3 is 2.59 bits per heavy atom. The van der Waals surface area contributed by atoms with Crippen LogP contribution >= 0.6 is 11.6 Å². The molecule has 0 aromatic heterocycles. The van der Waals surface area contributed by atoms with Crippen molar-refractivity contribution in [3.05, 3.63) is 34.9 Å². The number of nitrogens with one attached hydrogen (secondary N) is 1. The molecule has 94 valence electrons. The first-order valence-electron chi connectivity index (χ1n) is 6.66. The molecule has 0 spiro atoms. The highest BCUT2D eigenvalue weighted by Gasteiger charge is 2.20. The quantitative estimate of drug-likeness (QED) is 0.830. The first-order chi connectivity index (χ1) is 8.15. The van der Waals surface area contributed by atoms with Gasteiger partial charge in [-0.05, 0) is 43.4 Å². The van der Waals surface area contributed by atoms with Gasteiger partial charge in [0, 0.05) is 17.1 Å². The lowest BCUT2D eigenvalue weighted by Crippen LogP contribution is -2.35. The van der Waals surface area contributed by atoms with E-state index in [1.54, 1.807) is 0 Å². The molecule has 1 aromatic rings. The molecule has 0 radical (unpaired) electrons. The van der Waals surface area contributed by atoms with E-state index in [1.165, 1.54) is 31.2 Å². The maximum Gasteiger partial charge on any atom is 0.0406 e. The third kappa shape index (κ3) is 3.72. The van der Waals surface area contributed by atoms with E-state index in [1.807, 2.05) is 12.1 Å². The fraction of sp³-hybridized carbons (Fsp3) is 0.600. The zero-order valence-electron chi connectivity index (χ0n) is 10.7. The summed E-state index contributed by atoms with van der Waals surface area (Å²) in [6.45, 7) is 4.60. The summed E-state index contributed by atoms with van der Waals surface area (Å²) in [4.78, 5) is 0. The summed E-state index contributed by atoms with van der Waals surface area (Å²) in [5, 5.41) is 4.55. The summed E-state index contributed by atoms with van der Waals surface area (Å²) >= 11 is 5.91. The number of hydrogen-bond donors (Lipinski definition) is 1. The summed E-state index contributed by atoms with van der Waals surface area (Å²) in [7, 11) is 0. The smallest absolute Gasteiger partial charge is 0.0406 e. The minimum Gasteiger partial charge on any atom is -0.307 e. The van der Waals surface area contributed by atoms with Crippen LogP contribution in [0.4, 0.5) is 0 Å². The molecule has 1 nitrogen and oxygen atoms in total. The third-order valence-electron chi connectivity index (χ3n) is 3.79. The van der Waals surface area contributed by atoms with Gasteiger partial charge in [0.05, 0.1) is 0 Å². The Balaban J connectivity index is 1.91. The zero-order valence-corrected chi connectivity index (χ0v) is 11.5. The number of halogens is 1. The van der Waals surface area contributed by atoms with E-state index in [0.29, 0.717) is 12.1 Å². The normalized spacial score (nSPS) is 26.8. The van der Waals surface area contributed by atoms with Gasteiger partial charge in [-0.1, -0.05) is 43.5 Å². The van der Waals surface area contributed by atoms with Gasteiger partial charge in [-0.2, -0.15) is 0 Å². The molecule has 17 heavy (non-hydrogen) atoms. The summed E-state index contributed by atoms with van der Waals surface area (Å²) in [6, 6.07) is 9.28. The van der Waals surface area contributed by atoms with Gasteiger partial charge in [-0.25, -0.2) is 0 Å². The summed E-state index contributed by atoms with van der Waals surface area (Å²) in [5.74, 6) is 0.874. The molecule has 0 bridgehead atoms. The van der Waals surface area contributed by atoms with Crippen molar-refractivity contribution in [1.82, 2.24) is 5.32 Å². The van der Waals surface area contributed by atoms with Crippen molar-refractivity contribution >= 4 is 11.6 Å². The standard InChI is InChI=1S/C15H22ClN/c1-11-4-3-5-15(10-11)17-12(2)13-6-8-14(16)9-7-13/h6-9,11-12,15,17H,3-5,10H2,1-2H3/t11?,12-,15?/m1/s1. The number of benzene rings is 1. The Morgan fingerprint density at radius 1 is 1.24 bits per heavy atom. The van der Waals surface area contributed by atoms with Crippen molar-refractivity contribution in [3.8, 4) is 0 Å². The number of rotatable bonds is 3. The van der Waals surface area contributed by atoms with Gasteiger partial charge in [0.2, 0.25) is 0 Å². The minimum atomic E-state index is 0.419. The first-order valence-corrected chi connectivity index (χ1v) is 7.04. The van der Waals surface area contributed by atoms with Crippen LogP contribution < -0.4 is 5.32 Å². The van der Waals surface area contributed by atoms with E-state index in [9.17, 15) is 0 Å². The molecule has 1 aliphatic carbocycles. The average molecular weight is 252 g/mol. The van der Waals surface area contributed by atoms with Crippen molar-refractivity contribution < 1.29 is 0 Å². The van der Waals surface area contributed by atoms with Crippen LogP contribution in [-0.4, -0.2) is 6.04 Å². The largest absolute Gasteiger partial charge is 0.307 e. The Labute approximate surface area is 110 Å². The second kappa shape index (κ2) is 5.88. The lowest BCUT2D eigenvalue weighted by atomic mass is 9.86. The maximum atomic E-state index is 5.91. The van der Waals surface area contributed by atoms with Gasteiger partial charge in [-0.3, -0.25) is 0 Å². The van der Waals surface area contributed by atoms with Crippen molar-refractivity contribution in [3.63, 3.8) is 0 Å². The molecular formula is C15H22ClN. The first kappa shape index (κ1) is 12.9. The maximum absolute atomic E-state index is 5.91. The Kier molecular flexibility index (Phi) is 4.47. The lowest BCUT2D eigenvalue weighted by Gasteiger charge is -2.30. The van der Waals surface area contributed by atoms with Gasteiger partial charge in [0.15, 0.2) is 0 Å². The molecule has 1 saturated carbocycles. The molecule has 2 unspecified atom stereocenters. The molecule has 1 aliphatic rings. The molecule has 0 amide bonds. The van der Waals surface area contributed by atoms with Crippen LogP contribution in [0, 0.1) is 5.92 Å². The number of hydrogen-bond acceptors (Lipinski definition) is 1. The van der Waals surface area contributed by atoms with E-state index >= 15 is 0 Å². The minimum absolute atomic E-state index is 0.419. The van der Waals surface area contributed by atoms with Gasteiger partial charge in [0.1, 0.15) is 0 Å². The van der Waals surface area contributed by atoms with Crippen LogP contribution in [0.25, 0.3) is 0 Å². The Bertz CT molecular complexity index is 346. The Hall–Kier alpha value is -0.530. The molecule has 1 fully saturated rings. The van der Waals surface area contributed by atoms with Gasteiger partial charge in [-0.15, -0.1) is 0 Å². The van der Waals surface area contributed by atoms with E-state index in [-0.39, 0.29) is 0 Å². The van der Waals surface area contributed by atoms with Crippen LogP contribution in [-0.2, 0) is 0 Å². The predicted molar refractivity (Wildman–Crippen MR) is 74.4 cm³/mol. The lowest BCUT2D eigenvalue weighted by molar-refractivity contribution is 0.285. The van der Waals surface area contributed by atoms with Crippen molar-refractivity contribution in [1.29, 1.82) is 0 Å². The van der Waals surface area contributed by atoms with Crippen LogP contribution in [0.1, 0.15) is 51.1 Å². The SMILES string of the molecule is CC1CCCC(N[C@H](C)c2ccc(Cl)cc2)C1. The van der Waals surface area contributed by atoms with E-state index in [2.05, 4.69) is 31.3 Å². The molecular weight excluding hydrogens is 230 g/mol. The second-order valence-corrected chi connectivity index (χ2v) is 5.85. The van der Waals surface area contributed by atoms with Crippen LogP contribution in [0.15, 0.2) is 24.3 Å². The molecule has 1 N–H and O–H groups in total. The highest BCUT2D eigenvalue weighted by molar-refractivity contribution is 6.30. The fourth-order valence-electron chi connectivity index (χ4n) is 2.79. The molecule has 0 saturated heterocycles. The molecule has 2 heteroatoms. The van der Waals surface area contributed by atoms with E-state index < -0.39 is 0 Å². The van der Waals surface area contributed by atoms with Crippen LogP contribution in [0.5, 0.6) is 0 Å². The molecule has 0 aliphatic heterocycles. The summed E-state index contributed by atoms with van der Waals surface area (Å²) < 4.78 is 0. The van der Waals surface area contributed by atoms with Gasteiger partial charge >= 0.3 is 0 Å². The van der Waals surface area contributed by atoms with Crippen molar-refractivity contribution in [2.75, 3.05) is 0 Å². The van der Waals surface area contributed by atoms with Crippen molar-refractivity contribution in [2.45, 2.75) is 51.6 Å². The predicted octanol–water partition coefficient (Wildman–Crippen LogP) is 4.57. The van der Waals surface area contributed by atoms with E-state index in [4.69, 9.17) is 11.6 Å². The van der Waals surface area contributed by atoms with Gasteiger partial charge < -0.3 is 5.32 Å². The second-order valence-electron chi connectivity index (χ2n) is 5.41. The van der Waals surface area contributed by atoms with E-state index in [0.717, 1.165) is 10.9 Å². The summed E-state index contributed by atoms with van der Waals surface area (Å²) in [5.41, 5.74) is 1.33. The summed E-state index contributed by atoms with van der Waals surface area (Å²) in [6.07, 6.45) is 5.40. The molecule has 2 rings (SSSR count).